The Morgan fingerprint density at radius 1 is 1.80 bits per heavy atom. The maximum Gasteiger partial charge on any atom is 0.327 e. The minimum absolute atomic E-state index is 0.142. The molecule has 4 nitrogen and oxygen atoms in total. The van der Waals surface area contributed by atoms with Crippen molar-refractivity contribution in [3.8, 4) is 0 Å². The average molecular weight is 166 g/mol. The molecule has 1 saturated heterocycles. The number of hydrogen-bond donors (Lipinski definition) is 0. The van der Waals surface area contributed by atoms with Crippen molar-refractivity contribution < 1.29 is 18.3 Å². The van der Waals surface area contributed by atoms with E-state index in [9.17, 15) is 4.57 Å². The lowest BCUT2D eigenvalue weighted by molar-refractivity contribution is 0.214. The first-order valence-corrected chi connectivity index (χ1v) is 5.02. The SMILES string of the molecule is COP(C)(=O)OCC1CO1. The molecule has 0 bridgehead atoms. The zero-order chi connectivity index (χ0) is 7.61. The number of rotatable bonds is 4. The molecule has 2 atom stereocenters. The normalized spacial score (nSPS) is 29.6. The van der Waals surface area contributed by atoms with Crippen LogP contribution in [0.5, 0.6) is 0 Å². The van der Waals surface area contributed by atoms with Crippen molar-refractivity contribution in [3.05, 3.63) is 0 Å². The second-order valence-corrected chi connectivity index (χ2v) is 4.37. The summed E-state index contributed by atoms with van der Waals surface area (Å²) < 4.78 is 25.4. The van der Waals surface area contributed by atoms with Gasteiger partial charge in [-0.2, -0.15) is 0 Å². The lowest BCUT2D eigenvalue weighted by Gasteiger charge is -2.08. The van der Waals surface area contributed by atoms with Crippen LogP contribution in [-0.2, 0) is 18.3 Å². The standard InChI is InChI=1S/C5H11O4P/c1-7-10(2,6)9-4-5-3-8-5/h5H,3-4H2,1-2H3. The van der Waals surface area contributed by atoms with Gasteiger partial charge in [-0.1, -0.05) is 0 Å². The van der Waals surface area contributed by atoms with Gasteiger partial charge < -0.3 is 13.8 Å². The quantitative estimate of drug-likeness (QED) is 0.459. The van der Waals surface area contributed by atoms with Crippen LogP contribution in [-0.4, -0.2) is 33.1 Å². The van der Waals surface area contributed by atoms with E-state index < -0.39 is 7.60 Å². The highest BCUT2D eigenvalue weighted by molar-refractivity contribution is 7.52. The van der Waals surface area contributed by atoms with Gasteiger partial charge in [0.1, 0.15) is 6.10 Å². The van der Waals surface area contributed by atoms with Gasteiger partial charge in [0, 0.05) is 13.8 Å². The van der Waals surface area contributed by atoms with Crippen LogP contribution in [0.4, 0.5) is 0 Å². The highest BCUT2D eigenvalue weighted by atomic mass is 31.2. The Morgan fingerprint density at radius 3 is 2.80 bits per heavy atom. The molecule has 5 heteroatoms. The Kier molecular flexibility index (Phi) is 2.47. The van der Waals surface area contributed by atoms with Gasteiger partial charge in [-0.05, 0) is 0 Å². The zero-order valence-electron chi connectivity index (χ0n) is 6.07. The van der Waals surface area contributed by atoms with Gasteiger partial charge in [-0.25, -0.2) is 0 Å². The van der Waals surface area contributed by atoms with Crippen LogP contribution in [0.25, 0.3) is 0 Å². The summed E-state index contributed by atoms with van der Waals surface area (Å²) in [7, 11) is -1.40. The van der Waals surface area contributed by atoms with E-state index in [2.05, 4.69) is 4.52 Å². The largest absolute Gasteiger partial charge is 0.371 e. The first-order chi connectivity index (χ1) is 4.64. The Balaban J connectivity index is 2.15. The Morgan fingerprint density at radius 2 is 2.40 bits per heavy atom. The van der Waals surface area contributed by atoms with Crippen molar-refractivity contribution in [1.29, 1.82) is 0 Å². The molecule has 1 aliphatic rings. The van der Waals surface area contributed by atoms with Gasteiger partial charge in [-0.15, -0.1) is 0 Å². The van der Waals surface area contributed by atoms with Crippen LogP contribution >= 0.6 is 7.60 Å². The fraction of sp³-hybridized carbons (Fsp3) is 1.00. The third-order valence-electron chi connectivity index (χ3n) is 1.23. The average Bonchev–Trinajstić information content (AvgIpc) is 2.66. The molecule has 1 heterocycles. The Labute approximate surface area is 60.0 Å². The number of epoxide rings is 1. The van der Waals surface area contributed by atoms with Crippen LogP contribution in [0.15, 0.2) is 0 Å². The third-order valence-corrected chi connectivity index (χ3v) is 2.51. The third kappa shape index (κ3) is 2.80. The maximum absolute atomic E-state index is 11.0. The monoisotopic (exact) mass is 166 g/mol. The van der Waals surface area contributed by atoms with Crippen molar-refractivity contribution in [3.63, 3.8) is 0 Å². The minimum atomic E-state index is -2.77. The van der Waals surface area contributed by atoms with Gasteiger partial charge in [0.05, 0.1) is 13.2 Å². The van der Waals surface area contributed by atoms with Gasteiger partial charge in [0.2, 0.25) is 0 Å². The van der Waals surface area contributed by atoms with Crippen LogP contribution < -0.4 is 0 Å². The second kappa shape index (κ2) is 3.01. The molecule has 0 amide bonds. The lowest BCUT2D eigenvalue weighted by atomic mass is 10.5. The predicted molar refractivity (Wildman–Crippen MR) is 36.2 cm³/mol. The van der Waals surface area contributed by atoms with Gasteiger partial charge in [0.15, 0.2) is 0 Å². The van der Waals surface area contributed by atoms with E-state index >= 15 is 0 Å². The molecular formula is C5H11O4P. The van der Waals surface area contributed by atoms with E-state index in [1.807, 2.05) is 0 Å². The topological polar surface area (TPSA) is 48.1 Å². The lowest BCUT2D eigenvalue weighted by Crippen LogP contribution is -1.99. The van der Waals surface area contributed by atoms with E-state index in [-0.39, 0.29) is 6.10 Å². The zero-order valence-corrected chi connectivity index (χ0v) is 6.97. The van der Waals surface area contributed by atoms with Crippen LogP contribution in [0.1, 0.15) is 0 Å². The molecule has 1 aliphatic heterocycles. The molecule has 0 spiro atoms. The molecule has 10 heavy (non-hydrogen) atoms. The van der Waals surface area contributed by atoms with Gasteiger partial charge in [-0.3, -0.25) is 4.57 Å². The molecule has 2 unspecified atom stereocenters. The van der Waals surface area contributed by atoms with E-state index in [4.69, 9.17) is 9.26 Å². The summed E-state index contributed by atoms with van der Waals surface area (Å²) >= 11 is 0. The summed E-state index contributed by atoms with van der Waals surface area (Å²) in [5.41, 5.74) is 0. The Bertz CT molecular complexity index is 154. The fourth-order valence-corrected chi connectivity index (χ4v) is 0.978. The molecule has 0 radical (unpaired) electrons. The van der Waals surface area contributed by atoms with E-state index in [0.717, 1.165) is 0 Å². The minimum Gasteiger partial charge on any atom is -0.371 e. The summed E-state index contributed by atoms with van der Waals surface area (Å²) in [6.07, 6.45) is 0.142. The first-order valence-electron chi connectivity index (χ1n) is 3.03. The molecule has 0 N–H and O–H groups in total. The highest BCUT2D eigenvalue weighted by Crippen LogP contribution is 2.43. The molecule has 0 aromatic heterocycles. The Hall–Kier alpha value is 0.110. The maximum atomic E-state index is 11.0. The summed E-state index contributed by atoms with van der Waals surface area (Å²) in [6, 6.07) is 0. The predicted octanol–water partition coefficient (Wildman–Crippen LogP) is 0.871. The van der Waals surface area contributed by atoms with Gasteiger partial charge in [0.25, 0.3) is 0 Å². The smallest absolute Gasteiger partial charge is 0.327 e. The summed E-state index contributed by atoms with van der Waals surface area (Å²) in [5, 5.41) is 0. The number of hydrogen-bond acceptors (Lipinski definition) is 4. The van der Waals surface area contributed by atoms with Crippen LogP contribution in [0.3, 0.4) is 0 Å². The highest BCUT2D eigenvalue weighted by Gasteiger charge is 2.26. The van der Waals surface area contributed by atoms with Crippen molar-refractivity contribution in [2.75, 3.05) is 27.0 Å². The van der Waals surface area contributed by atoms with Crippen LogP contribution in [0, 0.1) is 0 Å². The molecule has 0 aromatic carbocycles. The van der Waals surface area contributed by atoms with E-state index in [0.29, 0.717) is 13.2 Å². The molecule has 1 rings (SSSR count). The summed E-state index contributed by atoms with van der Waals surface area (Å²) in [6.45, 7) is 2.53. The fourth-order valence-electron chi connectivity index (χ4n) is 0.435. The van der Waals surface area contributed by atoms with Crippen molar-refractivity contribution in [1.82, 2.24) is 0 Å². The molecule has 0 aromatic rings. The number of ether oxygens (including phenoxy) is 1. The second-order valence-electron chi connectivity index (χ2n) is 2.21. The molecule has 0 saturated carbocycles. The van der Waals surface area contributed by atoms with Gasteiger partial charge >= 0.3 is 7.60 Å². The first kappa shape index (κ1) is 8.21. The van der Waals surface area contributed by atoms with Crippen LogP contribution in [0.2, 0.25) is 0 Å². The van der Waals surface area contributed by atoms with Crippen molar-refractivity contribution in [2.24, 2.45) is 0 Å². The molecule has 60 valence electrons. The summed E-state index contributed by atoms with van der Waals surface area (Å²) in [4.78, 5) is 0. The molecular weight excluding hydrogens is 155 g/mol. The van der Waals surface area contributed by atoms with Crippen molar-refractivity contribution in [2.45, 2.75) is 6.10 Å². The van der Waals surface area contributed by atoms with Crippen molar-refractivity contribution >= 4 is 7.60 Å². The van der Waals surface area contributed by atoms with E-state index in [1.165, 1.54) is 13.8 Å². The summed E-state index contributed by atoms with van der Waals surface area (Å²) in [5.74, 6) is 0. The van der Waals surface area contributed by atoms with E-state index in [1.54, 1.807) is 0 Å². The molecule has 1 fully saturated rings. The molecule has 0 aliphatic carbocycles.